The molecule has 162 valence electrons. The summed E-state index contributed by atoms with van der Waals surface area (Å²) in [6.45, 7) is 8.19. The van der Waals surface area contributed by atoms with Crippen LogP contribution in [0, 0.1) is 0 Å². The number of allylic oxidation sites excluding steroid dienone is 1. The highest BCUT2D eigenvalue weighted by Crippen LogP contribution is 2.32. The van der Waals surface area contributed by atoms with Crippen LogP contribution in [0.25, 0.3) is 0 Å². The summed E-state index contributed by atoms with van der Waals surface area (Å²) < 4.78 is 13.4. The molecule has 0 bridgehead atoms. The van der Waals surface area contributed by atoms with Gasteiger partial charge >= 0.3 is 0 Å². The van der Waals surface area contributed by atoms with E-state index in [1.807, 2.05) is 42.7 Å². The van der Waals surface area contributed by atoms with Gasteiger partial charge in [0.2, 0.25) is 5.91 Å². The summed E-state index contributed by atoms with van der Waals surface area (Å²) in [5.74, 6) is 2.01. The van der Waals surface area contributed by atoms with Gasteiger partial charge in [0.15, 0.2) is 28.6 Å². The van der Waals surface area contributed by atoms with Crippen LogP contribution in [0.3, 0.4) is 0 Å². The van der Waals surface area contributed by atoms with Crippen LogP contribution in [0.2, 0.25) is 0 Å². The van der Waals surface area contributed by atoms with E-state index in [0.29, 0.717) is 35.1 Å². The first kappa shape index (κ1) is 22.2. The van der Waals surface area contributed by atoms with Gasteiger partial charge in [0.1, 0.15) is 0 Å². The minimum absolute atomic E-state index is 0.0416. The zero-order chi connectivity index (χ0) is 21.5. The van der Waals surface area contributed by atoms with Crippen LogP contribution in [-0.2, 0) is 11.3 Å². The Hall–Kier alpha value is -2.48. The van der Waals surface area contributed by atoms with Gasteiger partial charge in [-0.1, -0.05) is 42.8 Å². The van der Waals surface area contributed by atoms with Crippen molar-refractivity contribution in [3.63, 3.8) is 0 Å². The van der Waals surface area contributed by atoms with Crippen molar-refractivity contribution in [1.82, 2.24) is 20.1 Å². The minimum atomic E-state index is -0.356. The number of benzene rings is 1. The Labute approximate surface area is 182 Å². The average molecular weight is 431 g/mol. The summed E-state index contributed by atoms with van der Waals surface area (Å²) in [6.07, 6.45) is 5.94. The first-order valence-electron chi connectivity index (χ1n) is 10.3. The van der Waals surface area contributed by atoms with Gasteiger partial charge in [0.05, 0.1) is 12.4 Å². The predicted octanol–water partition coefficient (Wildman–Crippen LogP) is 4.15. The molecule has 1 aromatic heterocycles. The monoisotopic (exact) mass is 430 g/mol. The standard InChI is InChI=1S/C22H30N4O3S/c1-5-14-26-20(15(2)29-19-13-9-8-12-18(19)28-4)24-25-22(26)30-16(3)21(27)23-17-10-6-7-11-17/h5,8-9,12-13,15-17H,1,6-7,10-11,14H2,2-4H3,(H,23,27). The lowest BCUT2D eigenvalue weighted by molar-refractivity contribution is -0.120. The van der Waals surface area contributed by atoms with Crippen LogP contribution in [0.5, 0.6) is 11.5 Å². The number of carbonyl (C=O) groups excluding carboxylic acids is 1. The highest BCUT2D eigenvalue weighted by Gasteiger charge is 2.25. The van der Waals surface area contributed by atoms with E-state index in [2.05, 4.69) is 22.1 Å². The lowest BCUT2D eigenvalue weighted by atomic mass is 10.2. The molecule has 3 rings (SSSR count). The Bertz CT molecular complexity index is 864. The third-order valence-electron chi connectivity index (χ3n) is 5.15. The van der Waals surface area contributed by atoms with Crippen LogP contribution in [0.15, 0.2) is 42.1 Å². The van der Waals surface area contributed by atoms with Crippen molar-refractivity contribution in [2.24, 2.45) is 0 Å². The number of para-hydroxylation sites is 2. The maximum absolute atomic E-state index is 12.6. The molecular weight excluding hydrogens is 400 g/mol. The number of nitrogens with one attached hydrogen (secondary N) is 1. The molecule has 1 saturated carbocycles. The smallest absolute Gasteiger partial charge is 0.233 e. The van der Waals surface area contributed by atoms with E-state index in [4.69, 9.17) is 9.47 Å². The Morgan fingerprint density at radius 2 is 2.00 bits per heavy atom. The number of hydrogen-bond acceptors (Lipinski definition) is 6. The summed E-state index contributed by atoms with van der Waals surface area (Å²) in [4.78, 5) is 12.6. The summed E-state index contributed by atoms with van der Waals surface area (Å²) in [7, 11) is 1.61. The van der Waals surface area contributed by atoms with E-state index >= 15 is 0 Å². The van der Waals surface area contributed by atoms with E-state index in [1.165, 1.54) is 24.6 Å². The number of aromatic nitrogens is 3. The minimum Gasteiger partial charge on any atom is -0.493 e. The number of nitrogens with zero attached hydrogens (tertiary/aromatic N) is 3. The SMILES string of the molecule is C=CCn1c(SC(C)C(=O)NC2CCCC2)nnc1C(C)Oc1ccccc1OC. The lowest BCUT2D eigenvalue weighted by Crippen LogP contribution is -2.37. The van der Waals surface area contributed by atoms with Gasteiger partial charge in [-0.05, 0) is 38.8 Å². The zero-order valence-electron chi connectivity index (χ0n) is 17.8. The van der Waals surface area contributed by atoms with Crippen LogP contribution in [-0.4, -0.2) is 39.1 Å². The van der Waals surface area contributed by atoms with Crippen molar-refractivity contribution in [3.05, 3.63) is 42.7 Å². The number of ether oxygens (including phenoxy) is 2. The van der Waals surface area contributed by atoms with Crippen molar-refractivity contribution in [2.75, 3.05) is 7.11 Å². The molecule has 0 saturated heterocycles. The molecule has 1 fully saturated rings. The zero-order valence-corrected chi connectivity index (χ0v) is 18.7. The topological polar surface area (TPSA) is 78.3 Å². The van der Waals surface area contributed by atoms with Gasteiger partial charge in [-0.3, -0.25) is 9.36 Å². The molecule has 1 aliphatic rings. The fourth-order valence-electron chi connectivity index (χ4n) is 3.55. The first-order chi connectivity index (χ1) is 14.5. The Kier molecular flexibility index (Phi) is 7.79. The van der Waals surface area contributed by atoms with Crippen LogP contribution >= 0.6 is 11.8 Å². The quantitative estimate of drug-likeness (QED) is 0.451. The summed E-state index contributed by atoms with van der Waals surface area (Å²) in [5, 5.41) is 12.2. The second-order valence-corrected chi connectivity index (χ2v) is 8.71. The van der Waals surface area contributed by atoms with E-state index in [-0.39, 0.29) is 17.3 Å². The normalized spacial score (nSPS) is 16.1. The molecule has 30 heavy (non-hydrogen) atoms. The molecular formula is C22H30N4O3S. The summed E-state index contributed by atoms with van der Waals surface area (Å²) >= 11 is 1.40. The maximum Gasteiger partial charge on any atom is 0.233 e. The van der Waals surface area contributed by atoms with Crippen LogP contribution in [0.4, 0.5) is 0 Å². The van der Waals surface area contributed by atoms with Crippen molar-refractivity contribution in [1.29, 1.82) is 0 Å². The third-order valence-corrected chi connectivity index (χ3v) is 6.23. The van der Waals surface area contributed by atoms with E-state index in [0.717, 1.165) is 12.8 Å². The molecule has 0 radical (unpaired) electrons. The molecule has 2 atom stereocenters. The molecule has 7 nitrogen and oxygen atoms in total. The van der Waals surface area contributed by atoms with Crippen LogP contribution in [0.1, 0.15) is 51.5 Å². The Morgan fingerprint density at radius 1 is 1.30 bits per heavy atom. The molecule has 8 heteroatoms. The van der Waals surface area contributed by atoms with Gasteiger partial charge < -0.3 is 14.8 Å². The molecule has 1 heterocycles. The summed E-state index contributed by atoms with van der Waals surface area (Å²) in [5.41, 5.74) is 0. The molecule has 2 aromatic rings. The highest BCUT2D eigenvalue weighted by atomic mass is 32.2. The molecule has 1 N–H and O–H groups in total. The lowest BCUT2D eigenvalue weighted by Gasteiger charge is -2.18. The number of thioether (sulfide) groups is 1. The van der Waals surface area contributed by atoms with Gasteiger partial charge in [-0.25, -0.2) is 0 Å². The van der Waals surface area contributed by atoms with Crippen molar-refractivity contribution in [2.45, 2.75) is 68.6 Å². The molecule has 2 unspecified atom stereocenters. The molecule has 1 aromatic carbocycles. The highest BCUT2D eigenvalue weighted by molar-refractivity contribution is 8.00. The average Bonchev–Trinajstić information content (AvgIpc) is 3.39. The Morgan fingerprint density at radius 3 is 2.67 bits per heavy atom. The Balaban J connectivity index is 1.72. The van der Waals surface area contributed by atoms with E-state index < -0.39 is 0 Å². The third kappa shape index (κ3) is 5.36. The molecule has 0 spiro atoms. The van der Waals surface area contributed by atoms with Gasteiger partial charge in [-0.2, -0.15) is 0 Å². The van der Waals surface area contributed by atoms with Crippen molar-refractivity contribution >= 4 is 17.7 Å². The fraction of sp³-hybridized carbons (Fsp3) is 0.500. The predicted molar refractivity (Wildman–Crippen MR) is 118 cm³/mol. The number of carbonyl (C=O) groups is 1. The number of hydrogen-bond donors (Lipinski definition) is 1. The second kappa shape index (κ2) is 10.5. The second-order valence-electron chi connectivity index (χ2n) is 7.40. The number of amides is 1. The number of methoxy groups -OCH3 is 1. The van der Waals surface area contributed by atoms with Crippen molar-refractivity contribution in [3.8, 4) is 11.5 Å². The van der Waals surface area contributed by atoms with E-state index in [9.17, 15) is 4.79 Å². The molecule has 1 aliphatic carbocycles. The fourth-order valence-corrected chi connectivity index (χ4v) is 4.42. The number of rotatable bonds is 10. The molecule has 1 amide bonds. The van der Waals surface area contributed by atoms with Crippen molar-refractivity contribution < 1.29 is 14.3 Å². The van der Waals surface area contributed by atoms with Gasteiger partial charge in [0, 0.05) is 12.6 Å². The maximum atomic E-state index is 12.6. The van der Waals surface area contributed by atoms with Crippen LogP contribution < -0.4 is 14.8 Å². The van der Waals surface area contributed by atoms with E-state index in [1.54, 1.807) is 13.2 Å². The first-order valence-corrected chi connectivity index (χ1v) is 11.2. The van der Waals surface area contributed by atoms with Gasteiger partial charge in [0.25, 0.3) is 0 Å². The largest absolute Gasteiger partial charge is 0.493 e. The summed E-state index contributed by atoms with van der Waals surface area (Å²) in [6, 6.07) is 7.79. The molecule has 0 aliphatic heterocycles. The van der Waals surface area contributed by atoms with Gasteiger partial charge in [-0.15, -0.1) is 16.8 Å².